The largest absolute Gasteiger partial charge is 0.495 e. The number of nitrogens with one attached hydrogen (secondary N) is 2. The molecule has 0 saturated heterocycles. The van der Waals surface area contributed by atoms with Crippen LogP contribution in [0.4, 0.5) is 23.1 Å². The molecular weight excluding hydrogens is 380 g/mol. The van der Waals surface area contributed by atoms with Crippen LogP contribution in [0.1, 0.15) is 17.3 Å². The van der Waals surface area contributed by atoms with E-state index in [2.05, 4.69) is 20.6 Å². The lowest BCUT2D eigenvalue weighted by Crippen LogP contribution is -2.05. The Morgan fingerprint density at radius 2 is 1.89 bits per heavy atom. The Bertz CT molecular complexity index is 964. The predicted molar refractivity (Wildman–Crippen MR) is 109 cm³/mol. The molecule has 0 aliphatic carbocycles. The third-order valence-corrected chi connectivity index (χ3v) is 3.97. The summed E-state index contributed by atoms with van der Waals surface area (Å²) in [5.74, 6) is 1.26. The maximum atomic E-state index is 11.7. The van der Waals surface area contributed by atoms with Gasteiger partial charge in [0.15, 0.2) is 0 Å². The molecule has 7 nitrogen and oxygen atoms in total. The van der Waals surface area contributed by atoms with Crippen LogP contribution < -0.4 is 15.4 Å². The van der Waals surface area contributed by atoms with E-state index in [9.17, 15) is 4.79 Å². The second kappa shape index (κ2) is 9.05. The summed E-state index contributed by atoms with van der Waals surface area (Å²) in [4.78, 5) is 20.4. The number of carbonyl (C=O) groups excluding carboxylic acids is 1. The van der Waals surface area contributed by atoms with Crippen molar-refractivity contribution in [3.05, 3.63) is 65.3 Å². The van der Waals surface area contributed by atoms with E-state index in [0.29, 0.717) is 40.4 Å². The summed E-state index contributed by atoms with van der Waals surface area (Å²) in [6, 6.07) is 13.9. The fourth-order valence-electron chi connectivity index (χ4n) is 2.44. The van der Waals surface area contributed by atoms with Gasteiger partial charge in [-0.25, -0.2) is 9.78 Å². The molecule has 28 heavy (non-hydrogen) atoms. The van der Waals surface area contributed by atoms with Crippen molar-refractivity contribution in [1.82, 2.24) is 9.97 Å². The van der Waals surface area contributed by atoms with Gasteiger partial charge >= 0.3 is 5.97 Å². The van der Waals surface area contributed by atoms with Crippen molar-refractivity contribution < 1.29 is 14.3 Å². The molecule has 0 atom stereocenters. The summed E-state index contributed by atoms with van der Waals surface area (Å²) in [5.41, 5.74) is 1.92. The van der Waals surface area contributed by atoms with Gasteiger partial charge in [-0.3, -0.25) is 0 Å². The molecule has 0 fully saturated rings. The third-order valence-electron chi connectivity index (χ3n) is 3.73. The molecule has 0 unspecified atom stereocenters. The second-order valence-electron chi connectivity index (χ2n) is 5.66. The smallest absolute Gasteiger partial charge is 0.338 e. The van der Waals surface area contributed by atoms with Crippen LogP contribution in [0.15, 0.2) is 54.7 Å². The van der Waals surface area contributed by atoms with Gasteiger partial charge in [-0.15, -0.1) is 0 Å². The van der Waals surface area contributed by atoms with E-state index in [1.165, 1.54) is 0 Å². The summed E-state index contributed by atoms with van der Waals surface area (Å²) < 4.78 is 10.3. The maximum absolute atomic E-state index is 11.7. The highest BCUT2D eigenvalue weighted by Crippen LogP contribution is 2.30. The number of hydrogen-bond acceptors (Lipinski definition) is 7. The van der Waals surface area contributed by atoms with Gasteiger partial charge in [-0.1, -0.05) is 11.6 Å². The van der Waals surface area contributed by atoms with E-state index < -0.39 is 0 Å². The third kappa shape index (κ3) is 4.89. The minimum atomic E-state index is -0.355. The van der Waals surface area contributed by atoms with Gasteiger partial charge in [0.1, 0.15) is 11.6 Å². The fourth-order valence-corrected chi connectivity index (χ4v) is 2.61. The molecule has 2 N–H and O–H groups in total. The second-order valence-corrected chi connectivity index (χ2v) is 6.09. The lowest BCUT2D eigenvalue weighted by molar-refractivity contribution is 0.0526. The molecule has 0 bridgehead atoms. The topological polar surface area (TPSA) is 85.4 Å². The maximum Gasteiger partial charge on any atom is 0.338 e. The van der Waals surface area contributed by atoms with Crippen molar-refractivity contribution in [2.45, 2.75) is 6.92 Å². The van der Waals surface area contributed by atoms with E-state index in [0.717, 1.165) is 5.69 Å². The number of anilines is 4. The molecule has 144 valence electrons. The number of halogens is 1. The number of esters is 1. The van der Waals surface area contributed by atoms with E-state index in [1.807, 2.05) is 0 Å². The van der Waals surface area contributed by atoms with Crippen molar-refractivity contribution in [3.63, 3.8) is 0 Å². The molecule has 8 heteroatoms. The molecule has 1 aromatic heterocycles. The van der Waals surface area contributed by atoms with Crippen LogP contribution in [0.3, 0.4) is 0 Å². The SMILES string of the molecule is CCOC(=O)c1ccc(Nc2nccc(Nc3cc(Cl)ccc3OC)n2)cc1. The van der Waals surface area contributed by atoms with Gasteiger partial charge < -0.3 is 20.1 Å². The van der Waals surface area contributed by atoms with Gasteiger partial charge in [0.05, 0.1) is 25.0 Å². The Morgan fingerprint density at radius 3 is 2.61 bits per heavy atom. The van der Waals surface area contributed by atoms with Gasteiger partial charge in [0, 0.05) is 16.9 Å². The number of methoxy groups -OCH3 is 1. The first-order valence-corrected chi connectivity index (χ1v) is 8.94. The number of nitrogens with zero attached hydrogens (tertiary/aromatic N) is 2. The first kappa shape index (κ1) is 19.4. The lowest BCUT2D eigenvalue weighted by atomic mass is 10.2. The Kier molecular flexibility index (Phi) is 6.29. The monoisotopic (exact) mass is 398 g/mol. The number of hydrogen-bond donors (Lipinski definition) is 2. The number of carbonyl (C=O) groups is 1. The van der Waals surface area contributed by atoms with Crippen LogP contribution in [0, 0.1) is 0 Å². The zero-order valence-corrected chi connectivity index (χ0v) is 16.2. The lowest BCUT2D eigenvalue weighted by Gasteiger charge is -2.12. The van der Waals surface area contributed by atoms with Crippen LogP contribution in [0.25, 0.3) is 0 Å². The minimum absolute atomic E-state index is 0.337. The van der Waals surface area contributed by atoms with Crippen LogP contribution >= 0.6 is 11.6 Å². The van der Waals surface area contributed by atoms with Crippen LogP contribution in [0.2, 0.25) is 5.02 Å². The van der Waals surface area contributed by atoms with E-state index in [1.54, 1.807) is 68.8 Å². The highest BCUT2D eigenvalue weighted by molar-refractivity contribution is 6.31. The summed E-state index contributed by atoms with van der Waals surface area (Å²) in [7, 11) is 1.58. The fraction of sp³-hybridized carbons (Fsp3) is 0.150. The van der Waals surface area contributed by atoms with Gasteiger partial charge in [0.2, 0.25) is 5.95 Å². The first-order chi connectivity index (χ1) is 13.6. The molecule has 3 rings (SSSR count). The number of ether oxygens (including phenoxy) is 2. The average Bonchev–Trinajstić information content (AvgIpc) is 2.69. The molecule has 0 aliphatic heterocycles. The van der Waals surface area contributed by atoms with Gasteiger partial charge in [0.25, 0.3) is 0 Å². The van der Waals surface area contributed by atoms with Crippen molar-refractivity contribution in [2.24, 2.45) is 0 Å². The van der Waals surface area contributed by atoms with Crippen molar-refractivity contribution in [2.75, 3.05) is 24.4 Å². The minimum Gasteiger partial charge on any atom is -0.495 e. The molecule has 2 aromatic carbocycles. The molecule has 3 aromatic rings. The zero-order valence-electron chi connectivity index (χ0n) is 15.4. The summed E-state index contributed by atoms with van der Waals surface area (Å²) in [5, 5.41) is 6.84. The molecule has 0 amide bonds. The Hall–Kier alpha value is -3.32. The molecule has 0 spiro atoms. The van der Waals surface area contributed by atoms with Crippen molar-refractivity contribution in [1.29, 1.82) is 0 Å². The highest BCUT2D eigenvalue weighted by atomic mass is 35.5. The number of aromatic nitrogens is 2. The molecule has 0 aliphatic rings. The average molecular weight is 399 g/mol. The molecule has 1 heterocycles. The van der Waals surface area contributed by atoms with E-state index >= 15 is 0 Å². The van der Waals surface area contributed by atoms with Gasteiger partial charge in [-0.05, 0) is 55.5 Å². The Morgan fingerprint density at radius 1 is 1.11 bits per heavy atom. The standard InChI is InChI=1S/C20H19ClN4O3/c1-3-28-19(26)13-4-7-15(8-5-13)23-20-22-11-10-18(25-20)24-16-12-14(21)6-9-17(16)27-2/h4-12H,3H2,1-2H3,(H2,22,23,24,25). The van der Waals surface area contributed by atoms with Crippen LogP contribution in [-0.4, -0.2) is 29.7 Å². The van der Waals surface area contributed by atoms with Crippen molar-refractivity contribution >= 4 is 40.7 Å². The van der Waals surface area contributed by atoms with E-state index in [-0.39, 0.29) is 5.97 Å². The normalized spacial score (nSPS) is 10.2. The Labute approximate surface area is 167 Å². The summed E-state index contributed by atoms with van der Waals surface area (Å²) in [6.45, 7) is 2.11. The molecule has 0 radical (unpaired) electrons. The van der Waals surface area contributed by atoms with Gasteiger partial charge in [-0.2, -0.15) is 4.98 Å². The number of rotatable bonds is 7. The van der Waals surface area contributed by atoms with Crippen molar-refractivity contribution in [3.8, 4) is 5.75 Å². The molecule has 0 saturated carbocycles. The zero-order chi connectivity index (χ0) is 19.9. The van der Waals surface area contributed by atoms with E-state index in [4.69, 9.17) is 21.1 Å². The Balaban J connectivity index is 1.73. The summed E-state index contributed by atoms with van der Waals surface area (Å²) in [6.07, 6.45) is 1.63. The predicted octanol–water partition coefficient (Wildman–Crippen LogP) is 4.80. The number of benzene rings is 2. The van der Waals surface area contributed by atoms with Crippen LogP contribution in [-0.2, 0) is 4.74 Å². The van der Waals surface area contributed by atoms with Crippen LogP contribution in [0.5, 0.6) is 5.75 Å². The summed E-state index contributed by atoms with van der Waals surface area (Å²) >= 11 is 6.06. The highest BCUT2D eigenvalue weighted by Gasteiger charge is 2.08. The quantitative estimate of drug-likeness (QED) is 0.552. The molecular formula is C20H19ClN4O3. The first-order valence-electron chi connectivity index (χ1n) is 8.57.